The molecule has 0 saturated carbocycles. The second-order valence-corrected chi connectivity index (χ2v) is 4.92. The Labute approximate surface area is 92.2 Å². The maximum absolute atomic E-state index is 12.2. The number of nitrogens with zero attached hydrogens (tertiary/aromatic N) is 1. The van der Waals surface area contributed by atoms with E-state index in [4.69, 9.17) is 0 Å². The molecule has 0 aromatic heterocycles. The molecule has 0 radical (unpaired) electrons. The lowest BCUT2D eigenvalue weighted by atomic mass is 9.95. The van der Waals surface area contributed by atoms with Crippen LogP contribution in [0.25, 0.3) is 0 Å². The van der Waals surface area contributed by atoms with Gasteiger partial charge in [-0.2, -0.15) is 0 Å². The molecular formula is C12H22N2O. The first kappa shape index (κ1) is 10.9. The van der Waals surface area contributed by atoms with Crippen LogP contribution in [0.5, 0.6) is 0 Å². The van der Waals surface area contributed by atoms with E-state index in [1.807, 2.05) is 0 Å². The van der Waals surface area contributed by atoms with Crippen LogP contribution in [0.4, 0.5) is 0 Å². The highest BCUT2D eigenvalue weighted by Gasteiger charge is 2.29. The van der Waals surface area contributed by atoms with Crippen molar-refractivity contribution in [3.05, 3.63) is 0 Å². The van der Waals surface area contributed by atoms with Crippen LogP contribution in [0.1, 0.15) is 39.0 Å². The van der Waals surface area contributed by atoms with Crippen LogP contribution in [-0.2, 0) is 4.79 Å². The summed E-state index contributed by atoms with van der Waals surface area (Å²) >= 11 is 0. The largest absolute Gasteiger partial charge is 0.340 e. The third-order valence-electron chi connectivity index (χ3n) is 3.73. The Morgan fingerprint density at radius 1 is 1.27 bits per heavy atom. The number of hydrogen-bond donors (Lipinski definition) is 1. The second-order valence-electron chi connectivity index (χ2n) is 4.92. The van der Waals surface area contributed by atoms with Crippen molar-refractivity contribution in [2.45, 2.75) is 45.1 Å². The van der Waals surface area contributed by atoms with Crippen LogP contribution >= 0.6 is 0 Å². The van der Waals surface area contributed by atoms with Crippen molar-refractivity contribution in [3.63, 3.8) is 0 Å². The molecule has 15 heavy (non-hydrogen) atoms. The highest BCUT2D eigenvalue weighted by atomic mass is 16.2. The smallest absolute Gasteiger partial charge is 0.227 e. The highest BCUT2D eigenvalue weighted by Crippen LogP contribution is 2.21. The first-order valence-corrected chi connectivity index (χ1v) is 6.30. The first-order valence-electron chi connectivity index (χ1n) is 6.30. The average molecular weight is 210 g/mol. The molecule has 0 aliphatic carbocycles. The lowest BCUT2D eigenvalue weighted by Gasteiger charge is -2.37. The van der Waals surface area contributed by atoms with Crippen molar-refractivity contribution in [2.75, 3.05) is 19.6 Å². The van der Waals surface area contributed by atoms with Gasteiger partial charge in [-0.05, 0) is 45.6 Å². The molecule has 0 unspecified atom stereocenters. The summed E-state index contributed by atoms with van der Waals surface area (Å²) in [6.45, 7) is 5.14. The van der Waals surface area contributed by atoms with E-state index in [0.29, 0.717) is 11.9 Å². The molecule has 0 aromatic carbocycles. The van der Waals surface area contributed by atoms with Crippen molar-refractivity contribution >= 4 is 5.91 Å². The van der Waals surface area contributed by atoms with Gasteiger partial charge in [-0.15, -0.1) is 0 Å². The molecule has 86 valence electrons. The van der Waals surface area contributed by atoms with Crippen LogP contribution < -0.4 is 5.32 Å². The Morgan fingerprint density at radius 3 is 2.80 bits per heavy atom. The number of hydrogen-bond acceptors (Lipinski definition) is 2. The zero-order chi connectivity index (χ0) is 10.7. The molecule has 2 atom stereocenters. The van der Waals surface area contributed by atoms with E-state index in [-0.39, 0.29) is 5.92 Å². The predicted molar refractivity (Wildman–Crippen MR) is 60.6 cm³/mol. The molecule has 2 rings (SSSR count). The van der Waals surface area contributed by atoms with Gasteiger partial charge in [-0.3, -0.25) is 4.79 Å². The third kappa shape index (κ3) is 2.51. The molecule has 2 aliphatic rings. The van der Waals surface area contributed by atoms with E-state index < -0.39 is 0 Å². The number of carbonyl (C=O) groups excluding carboxylic acids is 1. The summed E-state index contributed by atoms with van der Waals surface area (Å²) < 4.78 is 0. The molecule has 0 aromatic rings. The maximum atomic E-state index is 12.2. The number of amides is 1. The van der Waals surface area contributed by atoms with Gasteiger partial charge < -0.3 is 10.2 Å². The monoisotopic (exact) mass is 210 g/mol. The Bertz CT molecular complexity index is 224. The van der Waals surface area contributed by atoms with Crippen molar-refractivity contribution in [2.24, 2.45) is 5.92 Å². The minimum Gasteiger partial charge on any atom is -0.340 e. The normalized spacial score (nSPS) is 32.7. The Kier molecular flexibility index (Phi) is 3.62. The molecule has 1 amide bonds. The molecule has 2 aliphatic heterocycles. The van der Waals surface area contributed by atoms with Gasteiger partial charge in [0, 0.05) is 19.1 Å². The fourth-order valence-electron chi connectivity index (χ4n) is 2.72. The van der Waals surface area contributed by atoms with Crippen molar-refractivity contribution < 1.29 is 4.79 Å². The summed E-state index contributed by atoms with van der Waals surface area (Å²) in [6.07, 6.45) is 5.89. The Hall–Kier alpha value is -0.570. The molecule has 0 bridgehead atoms. The summed E-state index contributed by atoms with van der Waals surface area (Å²) in [7, 11) is 0. The summed E-state index contributed by atoms with van der Waals surface area (Å²) in [6, 6.07) is 0.466. The van der Waals surface area contributed by atoms with E-state index in [1.54, 1.807) is 0 Å². The van der Waals surface area contributed by atoms with E-state index in [9.17, 15) is 4.79 Å². The standard InChI is InChI=1S/C12H22N2O/c1-10-5-2-3-8-14(10)12(15)11-6-4-7-13-9-11/h10-11,13H,2-9H2,1H3/t10-,11+/m0/s1. The van der Waals surface area contributed by atoms with Crippen LogP contribution in [0.2, 0.25) is 0 Å². The van der Waals surface area contributed by atoms with Crippen LogP contribution in [0, 0.1) is 5.92 Å². The zero-order valence-electron chi connectivity index (χ0n) is 9.67. The van der Waals surface area contributed by atoms with E-state index in [1.165, 1.54) is 19.3 Å². The van der Waals surface area contributed by atoms with Gasteiger partial charge in [-0.25, -0.2) is 0 Å². The molecule has 3 nitrogen and oxygen atoms in total. The molecule has 2 heterocycles. The molecular weight excluding hydrogens is 188 g/mol. The number of rotatable bonds is 1. The van der Waals surface area contributed by atoms with Gasteiger partial charge >= 0.3 is 0 Å². The summed E-state index contributed by atoms with van der Waals surface area (Å²) in [4.78, 5) is 14.4. The Balaban J connectivity index is 1.92. The summed E-state index contributed by atoms with van der Waals surface area (Å²) in [5.74, 6) is 0.647. The molecule has 1 N–H and O–H groups in total. The number of likely N-dealkylation sites (tertiary alicyclic amines) is 1. The van der Waals surface area contributed by atoms with Crippen molar-refractivity contribution in [3.8, 4) is 0 Å². The summed E-state index contributed by atoms with van der Waals surface area (Å²) in [5.41, 5.74) is 0. The topological polar surface area (TPSA) is 32.3 Å². The van der Waals surface area contributed by atoms with Crippen LogP contribution in [0.15, 0.2) is 0 Å². The van der Waals surface area contributed by atoms with Crippen molar-refractivity contribution in [1.82, 2.24) is 10.2 Å². The average Bonchev–Trinajstić information content (AvgIpc) is 2.30. The van der Waals surface area contributed by atoms with Gasteiger partial charge in [0.1, 0.15) is 0 Å². The van der Waals surface area contributed by atoms with Crippen molar-refractivity contribution in [1.29, 1.82) is 0 Å². The molecule has 2 fully saturated rings. The first-order chi connectivity index (χ1) is 7.29. The fraction of sp³-hybridized carbons (Fsp3) is 0.917. The quantitative estimate of drug-likeness (QED) is 0.709. The molecule has 2 saturated heterocycles. The van der Waals surface area contributed by atoms with E-state index >= 15 is 0 Å². The lowest BCUT2D eigenvalue weighted by Crippen LogP contribution is -2.48. The minimum absolute atomic E-state index is 0.249. The van der Waals surface area contributed by atoms with Crippen LogP contribution in [-0.4, -0.2) is 36.5 Å². The molecule has 3 heteroatoms. The van der Waals surface area contributed by atoms with Gasteiger partial charge in [0.25, 0.3) is 0 Å². The van der Waals surface area contributed by atoms with Crippen LogP contribution in [0.3, 0.4) is 0 Å². The van der Waals surface area contributed by atoms with Gasteiger partial charge in [0.2, 0.25) is 5.91 Å². The number of nitrogens with one attached hydrogen (secondary N) is 1. The highest BCUT2D eigenvalue weighted by molar-refractivity contribution is 5.79. The molecule has 0 spiro atoms. The predicted octanol–water partition coefficient (Wildman–Crippen LogP) is 1.39. The number of carbonyl (C=O) groups is 1. The van der Waals surface area contributed by atoms with E-state index in [2.05, 4.69) is 17.1 Å². The maximum Gasteiger partial charge on any atom is 0.227 e. The Morgan fingerprint density at radius 2 is 2.13 bits per heavy atom. The SMILES string of the molecule is C[C@H]1CCCCN1C(=O)[C@@H]1CCCNC1. The third-order valence-corrected chi connectivity index (χ3v) is 3.73. The van der Waals surface area contributed by atoms with Gasteiger partial charge in [0.05, 0.1) is 5.92 Å². The fourth-order valence-corrected chi connectivity index (χ4v) is 2.72. The zero-order valence-corrected chi connectivity index (χ0v) is 9.67. The summed E-state index contributed by atoms with van der Waals surface area (Å²) in [5, 5.41) is 3.32. The van der Waals surface area contributed by atoms with E-state index in [0.717, 1.165) is 32.5 Å². The van der Waals surface area contributed by atoms with Gasteiger partial charge in [0.15, 0.2) is 0 Å². The second kappa shape index (κ2) is 4.97. The lowest BCUT2D eigenvalue weighted by molar-refractivity contribution is -0.139. The number of piperidine rings is 2. The van der Waals surface area contributed by atoms with Gasteiger partial charge in [-0.1, -0.05) is 0 Å². The minimum atomic E-state index is 0.249.